The molecule has 0 spiro atoms. The summed E-state index contributed by atoms with van der Waals surface area (Å²) in [7, 11) is 0. The summed E-state index contributed by atoms with van der Waals surface area (Å²) in [6.07, 6.45) is 1.15. The van der Waals surface area contributed by atoms with Crippen LogP contribution < -0.4 is 14.8 Å². The lowest BCUT2D eigenvalue weighted by molar-refractivity contribution is -0.138. The zero-order valence-electron chi connectivity index (χ0n) is 17.4. The zero-order chi connectivity index (χ0) is 23.1. The van der Waals surface area contributed by atoms with Crippen molar-refractivity contribution in [3.05, 3.63) is 59.2 Å². The number of benzene rings is 2. The fraction of sp³-hybridized carbons (Fsp3) is 0.227. The van der Waals surface area contributed by atoms with Crippen molar-refractivity contribution in [2.24, 2.45) is 10.2 Å². The van der Waals surface area contributed by atoms with Crippen LogP contribution in [-0.2, 0) is 9.59 Å². The van der Waals surface area contributed by atoms with Gasteiger partial charge in [-0.05, 0) is 49.7 Å². The van der Waals surface area contributed by atoms with Crippen molar-refractivity contribution in [2.45, 2.75) is 25.5 Å². The van der Waals surface area contributed by atoms with E-state index < -0.39 is 23.1 Å². The van der Waals surface area contributed by atoms with E-state index in [1.54, 1.807) is 30.3 Å². The Morgan fingerprint density at radius 3 is 2.62 bits per heavy atom. The quantitative estimate of drug-likeness (QED) is 0.271. The average molecular weight is 455 g/mol. The monoisotopic (exact) mass is 455 g/mol. The predicted molar refractivity (Wildman–Crippen MR) is 121 cm³/mol. The summed E-state index contributed by atoms with van der Waals surface area (Å²) in [5.74, 6) is -1.33. The Labute approximate surface area is 188 Å². The standard InChI is InChI=1S/C22H21N3O6S/c1-3-30-17-10-14(12-23-25-22-24-20(28)18(32-22)11-19(26)27)6-9-16(17)31-21(29)15-7-4-13(2)5-8-15/h4-10,12,18H,3,11H2,1-2H3,(H,26,27)(H,24,25,28)/b23-12-/t18-/m1/s1. The average Bonchev–Trinajstić information content (AvgIpc) is 3.09. The van der Waals surface area contributed by atoms with Gasteiger partial charge in [-0.2, -0.15) is 5.10 Å². The number of hydrogen-bond acceptors (Lipinski definition) is 8. The number of amides is 1. The van der Waals surface area contributed by atoms with Gasteiger partial charge in [-0.3, -0.25) is 9.59 Å². The number of carboxylic acid groups (broad SMARTS) is 1. The van der Waals surface area contributed by atoms with E-state index in [1.807, 2.05) is 26.0 Å². The van der Waals surface area contributed by atoms with Crippen LogP contribution in [0.4, 0.5) is 0 Å². The third-order valence-electron chi connectivity index (χ3n) is 4.25. The normalized spacial score (nSPS) is 16.9. The number of rotatable bonds is 8. The first kappa shape index (κ1) is 23.0. The number of esters is 1. The summed E-state index contributed by atoms with van der Waals surface area (Å²) in [6, 6.07) is 12.0. The van der Waals surface area contributed by atoms with Crippen LogP contribution in [0.5, 0.6) is 11.5 Å². The number of carboxylic acids is 1. The SMILES string of the molecule is CCOc1cc(/C=N\N=C2/NC(=O)[C@@H](CC(=O)O)S2)ccc1OC(=O)c1ccc(C)cc1. The van der Waals surface area contributed by atoms with Gasteiger partial charge in [-0.25, -0.2) is 4.79 Å². The Bertz CT molecular complexity index is 1080. The first-order chi connectivity index (χ1) is 15.4. The first-order valence-corrected chi connectivity index (χ1v) is 10.6. The molecule has 2 N–H and O–H groups in total. The van der Waals surface area contributed by atoms with Gasteiger partial charge >= 0.3 is 11.9 Å². The molecule has 1 atom stereocenters. The van der Waals surface area contributed by atoms with Crippen molar-refractivity contribution in [3.63, 3.8) is 0 Å². The van der Waals surface area contributed by atoms with Crippen LogP contribution in [0.25, 0.3) is 0 Å². The maximum Gasteiger partial charge on any atom is 0.343 e. The molecule has 1 heterocycles. The Morgan fingerprint density at radius 1 is 1.19 bits per heavy atom. The number of amidine groups is 1. The number of thioether (sulfide) groups is 1. The number of carbonyl (C=O) groups is 3. The molecular weight excluding hydrogens is 434 g/mol. The smallest absolute Gasteiger partial charge is 0.343 e. The molecule has 0 radical (unpaired) electrons. The maximum atomic E-state index is 12.4. The number of nitrogens with zero attached hydrogens (tertiary/aromatic N) is 2. The molecule has 2 aromatic rings. The number of aryl methyl sites for hydroxylation is 1. The van der Waals surface area contributed by atoms with Crippen LogP contribution in [0.15, 0.2) is 52.7 Å². The van der Waals surface area contributed by atoms with Gasteiger partial charge in [0.1, 0.15) is 5.25 Å². The fourth-order valence-corrected chi connectivity index (χ4v) is 3.61. The van der Waals surface area contributed by atoms with Crippen molar-refractivity contribution < 1.29 is 29.0 Å². The number of nitrogens with one attached hydrogen (secondary N) is 1. The lowest BCUT2D eigenvalue weighted by Gasteiger charge is -2.11. The highest BCUT2D eigenvalue weighted by atomic mass is 32.2. The van der Waals surface area contributed by atoms with Crippen molar-refractivity contribution in [2.75, 3.05) is 6.61 Å². The third-order valence-corrected chi connectivity index (χ3v) is 5.32. The number of ether oxygens (including phenoxy) is 2. The molecule has 0 bridgehead atoms. The Balaban J connectivity index is 1.70. The van der Waals surface area contributed by atoms with E-state index in [2.05, 4.69) is 15.5 Å². The molecule has 2 aromatic carbocycles. The van der Waals surface area contributed by atoms with Gasteiger partial charge in [0.25, 0.3) is 0 Å². The highest BCUT2D eigenvalue weighted by molar-refractivity contribution is 8.15. The lowest BCUT2D eigenvalue weighted by atomic mass is 10.1. The molecule has 1 amide bonds. The topological polar surface area (TPSA) is 127 Å². The molecular formula is C22H21N3O6S. The lowest BCUT2D eigenvalue weighted by Crippen LogP contribution is -2.26. The molecule has 3 rings (SSSR count). The van der Waals surface area contributed by atoms with Gasteiger partial charge in [-0.1, -0.05) is 29.5 Å². The van der Waals surface area contributed by atoms with E-state index in [0.717, 1.165) is 17.3 Å². The summed E-state index contributed by atoms with van der Waals surface area (Å²) in [6.45, 7) is 4.11. The molecule has 166 valence electrons. The Morgan fingerprint density at radius 2 is 1.94 bits per heavy atom. The molecule has 10 heteroatoms. The van der Waals surface area contributed by atoms with Crippen LogP contribution >= 0.6 is 11.8 Å². The zero-order valence-corrected chi connectivity index (χ0v) is 18.2. The van der Waals surface area contributed by atoms with Crippen molar-refractivity contribution in [3.8, 4) is 11.5 Å². The van der Waals surface area contributed by atoms with Gasteiger partial charge < -0.3 is 19.9 Å². The van der Waals surface area contributed by atoms with Crippen molar-refractivity contribution >= 4 is 41.0 Å². The molecule has 1 saturated heterocycles. The second kappa shape index (κ2) is 10.6. The Hall–Kier alpha value is -3.66. The van der Waals surface area contributed by atoms with Gasteiger partial charge in [0.05, 0.1) is 24.8 Å². The van der Waals surface area contributed by atoms with Gasteiger partial charge in [0.15, 0.2) is 16.7 Å². The second-order valence-electron chi connectivity index (χ2n) is 6.74. The van der Waals surface area contributed by atoms with E-state index in [4.69, 9.17) is 14.6 Å². The number of aliphatic carboxylic acids is 1. The van der Waals surface area contributed by atoms with E-state index in [-0.39, 0.29) is 17.3 Å². The minimum Gasteiger partial charge on any atom is -0.490 e. The van der Waals surface area contributed by atoms with Crippen LogP contribution in [0.3, 0.4) is 0 Å². The molecule has 1 aliphatic heterocycles. The second-order valence-corrected chi connectivity index (χ2v) is 7.93. The molecule has 32 heavy (non-hydrogen) atoms. The van der Waals surface area contributed by atoms with Crippen LogP contribution in [0.1, 0.15) is 34.8 Å². The largest absolute Gasteiger partial charge is 0.490 e. The highest BCUT2D eigenvalue weighted by Crippen LogP contribution is 2.29. The number of hydrogen-bond donors (Lipinski definition) is 2. The molecule has 0 unspecified atom stereocenters. The van der Waals surface area contributed by atoms with Gasteiger partial charge in [-0.15, -0.1) is 5.10 Å². The summed E-state index contributed by atoms with van der Waals surface area (Å²) in [5.41, 5.74) is 2.10. The van der Waals surface area contributed by atoms with Gasteiger partial charge in [0.2, 0.25) is 5.91 Å². The van der Waals surface area contributed by atoms with E-state index in [9.17, 15) is 14.4 Å². The maximum absolute atomic E-state index is 12.4. The molecule has 9 nitrogen and oxygen atoms in total. The third kappa shape index (κ3) is 6.17. The summed E-state index contributed by atoms with van der Waals surface area (Å²) in [4.78, 5) is 34.9. The van der Waals surface area contributed by atoms with Gasteiger partial charge in [0, 0.05) is 0 Å². The molecule has 1 fully saturated rings. The first-order valence-electron chi connectivity index (χ1n) is 9.71. The highest BCUT2D eigenvalue weighted by Gasteiger charge is 2.32. The fourth-order valence-electron chi connectivity index (χ4n) is 2.70. The predicted octanol–water partition coefficient (Wildman–Crippen LogP) is 3.01. The number of carbonyl (C=O) groups excluding carboxylic acids is 2. The molecule has 1 aliphatic rings. The van der Waals surface area contributed by atoms with Crippen LogP contribution in [-0.4, -0.2) is 46.2 Å². The van der Waals surface area contributed by atoms with Crippen LogP contribution in [0.2, 0.25) is 0 Å². The minimum atomic E-state index is -1.06. The Kier molecular flexibility index (Phi) is 7.61. The van der Waals surface area contributed by atoms with Crippen LogP contribution in [0, 0.1) is 6.92 Å². The molecule has 0 saturated carbocycles. The van der Waals surface area contributed by atoms with E-state index >= 15 is 0 Å². The summed E-state index contributed by atoms with van der Waals surface area (Å²) >= 11 is 1.01. The van der Waals surface area contributed by atoms with Crippen molar-refractivity contribution in [1.82, 2.24) is 5.32 Å². The summed E-state index contributed by atoms with van der Waals surface area (Å²) < 4.78 is 11.1. The minimum absolute atomic E-state index is 0.228. The van der Waals surface area contributed by atoms with E-state index in [1.165, 1.54) is 6.21 Å². The summed E-state index contributed by atoms with van der Waals surface area (Å²) in [5, 5.41) is 18.7. The van der Waals surface area contributed by atoms with E-state index in [0.29, 0.717) is 23.5 Å². The molecule has 0 aliphatic carbocycles. The van der Waals surface area contributed by atoms with Crippen molar-refractivity contribution in [1.29, 1.82) is 0 Å². The molecule has 0 aromatic heterocycles.